The highest BCUT2D eigenvalue weighted by molar-refractivity contribution is 6.05. The number of amides is 1. The Morgan fingerprint density at radius 1 is 1.25 bits per heavy atom. The summed E-state index contributed by atoms with van der Waals surface area (Å²) >= 11 is 0. The van der Waals surface area contributed by atoms with Gasteiger partial charge < -0.3 is 11.1 Å². The number of benzene rings is 1. The number of halogens is 1. The van der Waals surface area contributed by atoms with Gasteiger partial charge in [0.25, 0.3) is 5.91 Å². The topological polar surface area (TPSA) is 115 Å². The van der Waals surface area contributed by atoms with Gasteiger partial charge in [0.2, 0.25) is 0 Å². The summed E-state index contributed by atoms with van der Waals surface area (Å²) in [5, 5.41) is 14.3. The molecule has 3 aromatic rings. The van der Waals surface area contributed by atoms with Gasteiger partial charge in [0.05, 0.1) is 29.5 Å². The number of anilines is 1. The fourth-order valence-electron chi connectivity index (χ4n) is 2.90. The van der Waals surface area contributed by atoms with E-state index in [4.69, 9.17) is 5.73 Å². The van der Waals surface area contributed by atoms with Crippen LogP contribution in [0.4, 0.5) is 5.69 Å². The van der Waals surface area contributed by atoms with E-state index in [1.165, 1.54) is 0 Å². The minimum absolute atomic E-state index is 0. The van der Waals surface area contributed by atoms with Crippen LogP contribution in [-0.2, 0) is 18.5 Å². The van der Waals surface area contributed by atoms with Crippen molar-refractivity contribution in [1.29, 1.82) is 0 Å². The zero-order valence-corrected chi connectivity index (χ0v) is 17.3. The first-order valence-electron chi connectivity index (χ1n) is 8.94. The number of aromatic nitrogens is 5. The molecule has 2 heterocycles. The summed E-state index contributed by atoms with van der Waals surface area (Å²) in [5.74, 6) is 1.04. The van der Waals surface area contributed by atoms with Crippen LogP contribution in [-0.4, -0.2) is 30.9 Å². The number of nitrogens with one attached hydrogen (secondary N) is 2. The average Bonchev–Trinajstić information content (AvgIpc) is 3.28. The van der Waals surface area contributed by atoms with Gasteiger partial charge in [-0.2, -0.15) is 10.2 Å². The third-order valence-electron chi connectivity index (χ3n) is 4.21. The van der Waals surface area contributed by atoms with E-state index in [0.29, 0.717) is 29.4 Å². The quantitative estimate of drug-likeness (QED) is 0.605. The van der Waals surface area contributed by atoms with Crippen molar-refractivity contribution in [2.45, 2.75) is 46.2 Å². The van der Waals surface area contributed by atoms with Crippen molar-refractivity contribution in [3.63, 3.8) is 0 Å². The van der Waals surface area contributed by atoms with Gasteiger partial charge >= 0.3 is 0 Å². The summed E-state index contributed by atoms with van der Waals surface area (Å²) in [4.78, 5) is 17.0. The molecule has 0 saturated heterocycles. The molecule has 0 fully saturated rings. The molecule has 28 heavy (non-hydrogen) atoms. The largest absolute Gasteiger partial charge is 0.324 e. The number of aromatic amines is 1. The van der Waals surface area contributed by atoms with E-state index >= 15 is 0 Å². The van der Waals surface area contributed by atoms with Gasteiger partial charge in [-0.25, -0.2) is 4.98 Å². The molecule has 0 saturated carbocycles. The van der Waals surface area contributed by atoms with Crippen molar-refractivity contribution in [3.8, 4) is 11.4 Å². The maximum absolute atomic E-state index is 12.7. The number of carbonyl (C=O) groups is 1. The highest BCUT2D eigenvalue weighted by Gasteiger charge is 2.23. The summed E-state index contributed by atoms with van der Waals surface area (Å²) in [7, 11) is 0. The fraction of sp³-hybridized carbons (Fsp3) is 0.368. The lowest BCUT2D eigenvalue weighted by Gasteiger charge is -2.22. The van der Waals surface area contributed by atoms with Crippen LogP contribution in [0.25, 0.3) is 11.4 Å². The molecule has 0 bridgehead atoms. The van der Waals surface area contributed by atoms with Gasteiger partial charge in [-0.3, -0.25) is 14.6 Å². The minimum Gasteiger partial charge on any atom is -0.324 e. The molecule has 0 atom stereocenters. The van der Waals surface area contributed by atoms with Crippen molar-refractivity contribution in [1.82, 2.24) is 25.0 Å². The van der Waals surface area contributed by atoms with Crippen molar-refractivity contribution in [3.05, 3.63) is 47.5 Å². The monoisotopic (exact) mass is 403 g/mol. The van der Waals surface area contributed by atoms with Crippen LogP contribution in [0.3, 0.4) is 0 Å². The Kier molecular flexibility index (Phi) is 6.58. The predicted octanol–water partition coefficient (Wildman–Crippen LogP) is 3.12. The van der Waals surface area contributed by atoms with Gasteiger partial charge in [0.1, 0.15) is 5.82 Å². The molecule has 0 radical (unpaired) electrons. The maximum atomic E-state index is 12.7. The van der Waals surface area contributed by atoms with Gasteiger partial charge in [-0.05, 0) is 51.5 Å². The molecule has 2 aromatic heterocycles. The first-order valence-corrected chi connectivity index (χ1v) is 8.94. The molecule has 1 amide bonds. The Morgan fingerprint density at radius 2 is 1.93 bits per heavy atom. The second-order valence-corrected chi connectivity index (χ2v) is 7.28. The molecule has 0 unspecified atom stereocenters. The third kappa shape index (κ3) is 4.40. The van der Waals surface area contributed by atoms with E-state index < -0.39 is 0 Å². The van der Waals surface area contributed by atoms with Crippen LogP contribution in [0.15, 0.2) is 30.5 Å². The Hall–Kier alpha value is -2.71. The van der Waals surface area contributed by atoms with E-state index in [1.54, 1.807) is 6.20 Å². The first kappa shape index (κ1) is 21.6. The second kappa shape index (κ2) is 8.53. The summed E-state index contributed by atoms with van der Waals surface area (Å²) in [6.07, 6.45) is 2.36. The van der Waals surface area contributed by atoms with Crippen molar-refractivity contribution >= 4 is 24.0 Å². The summed E-state index contributed by atoms with van der Waals surface area (Å²) in [5.41, 5.74) is 8.43. The molecule has 0 aliphatic heterocycles. The molecular formula is C19H26ClN7O. The predicted molar refractivity (Wildman–Crippen MR) is 112 cm³/mol. The van der Waals surface area contributed by atoms with Crippen LogP contribution in [0.2, 0.25) is 0 Å². The van der Waals surface area contributed by atoms with Crippen LogP contribution in [0.1, 0.15) is 49.6 Å². The molecule has 3 rings (SSSR count). The minimum atomic E-state index is -0.176. The Balaban J connectivity index is 0.00000280. The number of H-pyrrole nitrogens is 1. The van der Waals surface area contributed by atoms with E-state index in [9.17, 15) is 4.79 Å². The summed E-state index contributed by atoms with van der Waals surface area (Å²) in [6.45, 7) is 8.54. The first-order chi connectivity index (χ1) is 12.8. The number of hydrogen-bond acceptors (Lipinski definition) is 5. The number of nitrogens with two attached hydrogens (primary N) is 1. The normalized spacial score (nSPS) is 11.2. The highest BCUT2D eigenvalue weighted by atomic mass is 35.5. The lowest BCUT2D eigenvalue weighted by atomic mass is 10.1. The molecule has 0 aliphatic rings. The molecule has 150 valence electrons. The van der Waals surface area contributed by atoms with Gasteiger partial charge in [0, 0.05) is 11.3 Å². The van der Waals surface area contributed by atoms with Gasteiger partial charge in [-0.15, -0.1) is 12.4 Å². The van der Waals surface area contributed by atoms with E-state index in [2.05, 4.69) is 46.4 Å². The number of carbonyl (C=O) groups excluding carboxylic acids is 1. The zero-order valence-electron chi connectivity index (χ0n) is 16.5. The SMILES string of the molecule is CCc1c(C(=O)Nc2ccc(-c3n[nH]c(CN)n3)cc2)cnn1C(C)(C)C.Cl. The molecule has 4 N–H and O–H groups in total. The summed E-state index contributed by atoms with van der Waals surface area (Å²) in [6, 6.07) is 7.37. The van der Waals surface area contributed by atoms with Crippen LogP contribution in [0, 0.1) is 0 Å². The van der Waals surface area contributed by atoms with Crippen molar-refractivity contribution in [2.24, 2.45) is 5.73 Å². The van der Waals surface area contributed by atoms with Gasteiger partial charge in [0.15, 0.2) is 5.82 Å². The van der Waals surface area contributed by atoms with E-state index in [0.717, 1.165) is 17.7 Å². The summed E-state index contributed by atoms with van der Waals surface area (Å²) < 4.78 is 1.91. The van der Waals surface area contributed by atoms with E-state index in [-0.39, 0.29) is 23.9 Å². The number of rotatable bonds is 5. The molecule has 0 spiro atoms. The lowest BCUT2D eigenvalue weighted by Crippen LogP contribution is -2.26. The Bertz CT molecular complexity index is 938. The smallest absolute Gasteiger partial charge is 0.259 e. The van der Waals surface area contributed by atoms with Gasteiger partial charge in [-0.1, -0.05) is 6.92 Å². The second-order valence-electron chi connectivity index (χ2n) is 7.28. The maximum Gasteiger partial charge on any atom is 0.259 e. The standard InChI is InChI=1S/C19H25N7O.ClH/c1-5-15-14(11-21-26(15)19(2,3)4)18(27)22-13-8-6-12(7-9-13)17-23-16(10-20)24-25-17;/h6-9,11H,5,10,20H2,1-4H3,(H,22,27)(H,23,24,25);1H. The lowest BCUT2D eigenvalue weighted by molar-refractivity contribution is 0.102. The average molecular weight is 404 g/mol. The molecule has 0 aliphatic carbocycles. The highest BCUT2D eigenvalue weighted by Crippen LogP contribution is 2.22. The van der Waals surface area contributed by atoms with Crippen LogP contribution >= 0.6 is 12.4 Å². The van der Waals surface area contributed by atoms with E-state index in [1.807, 2.05) is 35.9 Å². The van der Waals surface area contributed by atoms with Crippen molar-refractivity contribution in [2.75, 3.05) is 5.32 Å². The zero-order chi connectivity index (χ0) is 19.6. The molecule has 1 aromatic carbocycles. The van der Waals surface area contributed by atoms with Crippen molar-refractivity contribution < 1.29 is 4.79 Å². The molecular weight excluding hydrogens is 378 g/mol. The van der Waals surface area contributed by atoms with Crippen LogP contribution in [0.5, 0.6) is 0 Å². The number of hydrogen-bond donors (Lipinski definition) is 3. The third-order valence-corrected chi connectivity index (χ3v) is 4.21. The Morgan fingerprint density at radius 3 is 2.46 bits per heavy atom. The Labute approximate surface area is 170 Å². The van der Waals surface area contributed by atoms with Crippen LogP contribution < -0.4 is 11.1 Å². The number of nitrogens with zero attached hydrogens (tertiary/aromatic N) is 4. The molecule has 9 heteroatoms. The molecule has 8 nitrogen and oxygen atoms in total. The fourth-order valence-corrected chi connectivity index (χ4v) is 2.90.